The number of benzene rings is 2. The Morgan fingerprint density at radius 1 is 1.00 bits per heavy atom. The summed E-state index contributed by atoms with van der Waals surface area (Å²) >= 11 is 0. The molecule has 1 amide bonds. The average Bonchev–Trinajstić information content (AvgIpc) is 2.63. The molecular weight excluding hydrogens is 359 g/mol. The minimum Gasteiger partial charge on any atom is -0.494 e. The molecule has 0 aromatic heterocycles. The van der Waals surface area contributed by atoms with Crippen molar-refractivity contribution in [3.05, 3.63) is 65.2 Å². The predicted octanol–water partition coefficient (Wildman–Crippen LogP) is 4.38. The van der Waals surface area contributed by atoms with Crippen LogP contribution < -0.4 is 10.1 Å². The summed E-state index contributed by atoms with van der Waals surface area (Å²) in [6, 6.07) is 11.4. The SMILES string of the molecule is CC(=O)c1ccc(OCCCC(=O)NCc2ccc(C(F)(F)F)cc2)cc1. The van der Waals surface area contributed by atoms with Crippen LogP contribution in [0.25, 0.3) is 0 Å². The van der Waals surface area contributed by atoms with E-state index in [4.69, 9.17) is 4.74 Å². The first-order valence-electron chi connectivity index (χ1n) is 8.42. The molecule has 0 aliphatic heterocycles. The minimum atomic E-state index is -4.37. The number of hydrogen-bond donors (Lipinski definition) is 1. The summed E-state index contributed by atoms with van der Waals surface area (Å²) in [5.74, 6) is 0.391. The Hall–Kier alpha value is -2.83. The predicted molar refractivity (Wildman–Crippen MR) is 94.5 cm³/mol. The Morgan fingerprint density at radius 2 is 1.63 bits per heavy atom. The van der Waals surface area contributed by atoms with Crippen LogP contribution in [0.4, 0.5) is 13.2 Å². The number of rotatable bonds is 8. The fourth-order valence-corrected chi connectivity index (χ4v) is 2.31. The second-order valence-corrected chi connectivity index (χ2v) is 6.00. The van der Waals surface area contributed by atoms with Gasteiger partial charge in [-0.25, -0.2) is 0 Å². The first kappa shape index (κ1) is 20.5. The number of ether oxygens (including phenoxy) is 1. The molecule has 144 valence electrons. The van der Waals surface area contributed by atoms with Crippen LogP contribution in [0.2, 0.25) is 0 Å². The van der Waals surface area contributed by atoms with Crippen LogP contribution in [0.5, 0.6) is 5.75 Å². The van der Waals surface area contributed by atoms with Gasteiger partial charge in [0.25, 0.3) is 0 Å². The Bertz CT molecular complexity index is 769. The molecule has 2 aromatic rings. The van der Waals surface area contributed by atoms with Gasteiger partial charge in [0, 0.05) is 18.5 Å². The smallest absolute Gasteiger partial charge is 0.416 e. The molecule has 2 aromatic carbocycles. The van der Waals surface area contributed by atoms with Crippen LogP contribution in [0.15, 0.2) is 48.5 Å². The van der Waals surface area contributed by atoms with Crippen molar-refractivity contribution in [1.29, 1.82) is 0 Å². The topological polar surface area (TPSA) is 55.4 Å². The Morgan fingerprint density at radius 3 is 2.19 bits per heavy atom. The fraction of sp³-hybridized carbons (Fsp3) is 0.300. The van der Waals surface area contributed by atoms with Crippen LogP contribution in [0.1, 0.15) is 41.3 Å². The quantitative estimate of drug-likeness (QED) is 0.547. The Labute approximate surface area is 155 Å². The highest BCUT2D eigenvalue weighted by molar-refractivity contribution is 5.94. The standard InChI is InChI=1S/C20H20F3NO3/c1-14(25)16-6-10-18(11-7-16)27-12-2-3-19(26)24-13-15-4-8-17(9-5-15)20(21,22)23/h4-11H,2-3,12-13H2,1H3,(H,24,26). The zero-order chi connectivity index (χ0) is 19.9. The molecule has 0 bridgehead atoms. The monoisotopic (exact) mass is 379 g/mol. The van der Waals surface area contributed by atoms with Gasteiger partial charge in [-0.2, -0.15) is 13.2 Å². The molecule has 0 spiro atoms. The van der Waals surface area contributed by atoms with E-state index in [-0.39, 0.29) is 24.7 Å². The maximum atomic E-state index is 12.5. The number of carbonyl (C=O) groups is 2. The molecule has 2 rings (SSSR count). The summed E-state index contributed by atoms with van der Waals surface area (Å²) in [6.07, 6.45) is -3.63. The Kier molecular flexibility index (Phi) is 6.98. The van der Waals surface area contributed by atoms with Crippen molar-refractivity contribution >= 4 is 11.7 Å². The molecule has 1 N–H and O–H groups in total. The van der Waals surface area contributed by atoms with Crippen molar-refractivity contribution < 1.29 is 27.5 Å². The Balaban J connectivity index is 1.67. The molecular formula is C20H20F3NO3. The van der Waals surface area contributed by atoms with E-state index < -0.39 is 11.7 Å². The second-order valence-electron chi connectivity index (χ2n) is 6.00. The van der Waals surface area contributed by atoms with Gasteiger partial charge in [0.15, 0.2) is 5.78 Å². The number of hydrogen-bond acceptors (Lipinski definition) is 3. The van der Waals surface area contributed by atoms with E-state index in [0.717, 1.165) is 12.1 Å². The van der Waals surface area contributed by atoms with Gasteiger partial charge in [-0.3, -0.25) is 9.59 Å². The molecule has 0 fully saturated rings. The van der Waals surface area contributed by atoms with E-state index in [2.05, 4.69) is 5.32 Å². The van der Waals surface area contributed by atoms with E-state index in [1.807, 2.05) is 0 Å². The molecule has 0 aliphatic rings. The van der Waals surface area contributed by atoms with E-state index in [1.54, 1.807) is 24.3 Å². The zero-order valence-electron chi connectivity index (χ0n) is 14.8. The molecule has 0 unspecified atom stereocenters. The summed E-state index contributed by atoms with van der Waals surface area (Å²) in [5.41, 5.74) is 0.481. The lowest BCUT2D eigenvalue weighted by molar-refractivity contribution is -0.137. The van der Waals surface area contributed by atoms with Gasteiger partial charge in [-0.05, 0) is 55.3 Å². The molecule has 0 aliphatic carbocycles. The van der Waals surface area contributed by atoms with Gasteiger partial charge in [-0.15, -0.1) is 0 Å². The lowest BCUT2D eigenvalue weighted by Gasteiger charge is -2.09. The highest BCUT2D eigenvalue weighted by Crippen LogP contribution is 2.29. The number of carbonyl (C=O) groups excluding carboxylic acids is 2. The number of ketones is 1. The van der Waals surface area contributed by atoms with Crippen molar-refractivity contribution in [2.24, 2.45) is 0 Å². The zero-order valence-corrected chi connectivity index (χ0v) is 14.8. The molecule has 7 heteroatoms. The van der Waals surface area contributed by atoms with Crippen LogP contribution in [-0.4, -0.2) is 18.3 Å². The summed E-state index contributed by atoms with van der Waals surface area (Å²) in [4.78, 5) is 23.0. The summed E-state index contributed by atoms with van der Waals surface area (Å²) in [5, 5.41) is 2.66. The first-order valence-corrected chi connectivity index (χ1v) is 8.42. The van der Waals surface area contributed by atoms with Crippen LogP contribution in [-0.2, 0) is 17.5 Å². The molecule has 27 heavy (non-hydrogen) atoms. The van der Waals surface area contributed by atoms with E-state index in [0.29, 0.717) is 29.9 Å². The van der Waals surface area contributed by atoms with E-state index >= 15 is 0 Å². The maximum absolute atomic E-state index is 12.5. The summed E-state index contributed by atoms with van der Waals surface area (Å²) in [6.45, 7) is 2.00. The number of nitrogens with one attached hydrogen (secondary N) is 1. The van der Waals surface area contributed by atoms with Gasteiger partial charge >= 0.3 is 6.18 Å². The third-order valence-electron chi connectivity index (χ3n) is 3.85. The molecule has 0 heterocycles. The summed E-state index contributed by atoms with van der Waals surface area (Å²) in [7, 11) is 0. The van der Waals surface area contributed by atoms with Gasteiger partial charge in [0.05, 0.1) is 12.2 Å². The lowest BCUT2D eigenvalue weighted by Crippen LogP contribution is -2.23. The van der Waals surface area contributed by atoms with Crippen LogP contribution in [0.3, 0.4) is 0 Å². The lowest BCUT2D eigenvalue weighted by atomic mass is 10.1. The van der Waals surface area contributed by atoms with Gasteiger partial charge in [0.2, 0.25) is 5.91 Å². The third kappa shape index (κ3) is 6.77. The normalized spacial score (nSPS) is 11.1. The van der Waals surface area contributed by atoms with E-state index in [1.165, 1.54) is 19.1 Å². The molecule has 0 atom stereocenters. The second kappa shape index (κ2) is 9.21. The molecule has 4 nitrogen and oxygen atoms in total. The molecule has 0 saturated carbocycles. The number of amides is 1. The largest absolute Gasteiger partial charge is 0.494 e. The van der Waals surface area contributed by atoms with Crippen molar-refractivity contribution in [2.45, 2.75) is 32.5 Å². The van der Waals surface area contributed by atoms with E-state index in [9.17, 15) is 22.8 Å². The van der Waals surface area contributed by atoms with Crippen LogP contribution >= 0.6 is 0 Å². The van der Waals surface area contributed by atoms with Crippen molar-refractivity contribution in [3.63, 3.8) is 0 Å². The number of alkyl halides is 3. The minimum absolute atomic E-state index is 0.0220. The van der Waals surface area contributed by atoms with Crippen molar-refractivity contribution in [2.75, 3.05) is 6.61 Å². The maximum Gasteiger partial charge on any atom is 0.416 e. The highest BCUT2D eigenvalue weighted by atomic mass is 19.4. The molecule has 0 saturated heterocycles. The summed E-state index contributed by atoms with van der Waals surface area (Å²) < 4.78 is 43.0. The van der Waals surface area contributed by atoms with Crippen molar-refractivity contribution in [1.82, 2.24) is 5.32 Å². The highest BCUT2D eigenvalue weighted by Gasteiger charge is 2.29. The van der Waals surface area contributed by atoms with Gasteiger partial charge in [-0.1, -0.05) is 12.1 Å². The first-order chi connectivity index (χ1) is 12.8. The molecule has 0 radical (unpaired) electrons. The van der Waals surface area contributed by atoms with Gasteiger partial charge < -0.3 is 10.1 Å². The van der Waals surface area contributed by atoms with Crippen LogP contribution in [0, 0.1) is 0 Å². The average molecular weight is 379 g/mol. The third-order valence-corrected chi connectivity index (χ3v) is 3.85. The van der Waals surface area contributed by atoms with Crippen molar-refractivity contribution in [3.8, 4) is 5.75 Å². The fourth-order valence-electron chi connectivity index (χ4n) is 2.31. The number of Topliss-reactive ketones (excluding diaryl/α,β-unsaturated/α-hetero) is 1. The number of halogens is 3. The van der Waals surface area contributed by atoms with Gasteiger partial charge in [0.1, 0.15) is 5.75 Å².